The minimum atomic E-state index is -0.575. The molecule has 1 N–H and O–H groups in total. The summed E-state index contributed by atoms with van der Waals surface area (Å²) in [6.45, 7) is 2.06. The van der Waals surface area contributed by atoms with Gasteiger partial charge in [-0.3, -0.25) is 10.1 Å². The number of halogens is 2. The van der Waals surface area contributed by atoms with Crippen molar-refractivity contribution in [3.63, 3.8) is 0 Å². The quantitative estimate of drug-likeness (QED) is 0.516. The van der Waals surface area contributed by atoms with Crippen LogP contribution in [0, 0.1) is 24.1 Å². The number of thiazole rings is 1. The van der Waals surface area contributed by atoms with Gasteiger partial charge < -0.3 is 0 Å². The van der Waals surface area contributed by atoms with Gasteiger partial charge in [0.1, 0.15) is 22.6 Å². The van der Waals surface area contributed by atoms with Crippen LogP contribution in [0.1, 0.15) is 16.8 Å². The van der Waals surface area contributed by atoms with E-state index in [-0.39, 0.29) is 16.5 Å². The topological polar surface area (TPSA) is 83.6 Å². The van der Waals surface area contributed by atoms with E-state index in [2.05, 4.69) is 15.4 Å². The highest BCUT2D eigenvalue weighted by Crippen LogP contribution is 2.24. The fraction of sp³-hybridized carbons (Fsp3) is 0.111. The van der Waals surface area contributed by atoms with Crippen molar-refractivity contribution in [2.24, 2.45) is 0 Å². The van der Waals surface area contributed by atoms with E-state index >= 15 is 0 Å². The molecule has 2 heterocycles. The van der Waals surface area contributed by atoms with Crippen molar-refractivity contribution in [2.75, 3.05) is 5.32 Å². The summed E-state index contributed by atoms with van der Waals surface area (Å²) in [5.41, 5.74) is 1.75. The van der Waals surface area contributed by atoms with Gasteiger partial charge in [-0.2, -0.15) is 10.4 Å². The molecule has 3 aromatic rings. The molecule has 9 heteroatoms. The average molecular weight is 402 g/mol. The average Bonchev–Trinajstić information content (AvgIpc) is 3.24. The summed E-state index contributed by atoms with van der Waals surface area (Å²) in [6.07, 6.45) is 2.95. The Labute approximate surface area is 163 Å². The molecule has 2 aromatic heterocycles. The number of hydrogen-bond acceptors (Lipinski definition) is 5. The van der Waals surface area contributed by atoms with Crippen LogP contribution in [0.15, 0.2) is 41.4 Å². The second-order valence-electron chi connectivity index (χ2n) is 5.54. The highest BCUT2D eigenvalue weighted by atomic mass is 35.5. The molecule has 0 bridgehead atoms. The van der Waals surface area contributed by atoms with Crippen LogP contribution >= 0.6 is 22.9 Å². The summed E-state index contributed by atoms with van der Waals surface area (Å²) in [7, 11) is 0. The molecular weight excluding hydrogens is 389 g/mol. The van der Waals surface area contributed by atoms with Gasteiger partial charge in [0.25, 0.3) is 5.91 Å². The van der Waals surface area contributed by atoms with Crippen LogP contribution in [-0.2, 0) is 11.3 Å². The van der Waals surface area contributed by atoms with Gasteiger partial charge in [0.2, 0.25) is 0 Å². The number of benzene rings is 1. The zero-order valence-corrected chi connectivity index (χ0v) is 15.7. The highest BCUT2D eigenvalue weighted by molar-refractivity contribution is 7.13. The van der Waals surface area contributed by atoms with Crippen molar-refractivity contribution >= 4 is 40.1 Å². The molecule has 0 aliphatic heterocycles. The van der Waals surface area contributed by atoms with Crippen molar-refractivity contribution < 1.29 is 9.18 Å². The largest absolute Gasteiger partial charge is 0.297 e. The fourth-order valence-electron chi connectivity index (χ4n) is 2.34. The predicted octanol–water partition coefficient (Wildman–Crippen LogP) is 4.03. The third-order valence-electron chi connectivity index (χ3n) is 3.66. The normalized spacial score (nSPS) is 11.3. The molecule has 0 aliphatic rings. The lowest BCUT2D eigenvalue weighted by Crippen LogP contribution is -2.13. The number of hydrogen-bond donors (Lipinski definition) is 1. The molecule has 0 radical (unpaired) electrons. The lowest BCUT2D eigenvalue weighted by atomic mass is 10.1. The molecule has 0 atom stereocenters. The Hall–Kier alpha value is -3.02. The summed E-state index contributed by atoms with van der Waals surface area (Å²) < 4.78 is 14.6. The number of aryl methyl sites for hydroxylation is 1. The second-order valence-corrected chi connectivity index (χ2v) is 6.79. The van der Waals surface area contributed by atoms with Crippen LogP contribution in [0.4, 0.5) is 9.52 Å². The van der Waals surface area contributed by atoms with Gasteiger partial charge in [0, 0.05) is 17.1 Å². The lowest BCUT2D eigenvalue weighted by Gasteiger charge is -2.04. The molecule has 1 amide bonds. The molecular formula is C18H13ClFN5OS. The Kier molecular flexibility index (Phi) is 5.64. The molecule has 136 valence electrons. The van der Waals surface area contributed by atoms with Crippen molar-refractivity contribution in [3.05, 3.63) is 69.2 Å². The first-order valence-corrected chi connectivity index (χ1v) is 9.03. The fourth-order valence-corrected chi connectivity index (χ4v) is 3.15. The minimum absolute atomic E-state index is 0.114. The first-order chi connectivity index (χ1) is 13.0. The summed E-state index contributed by atoms with van der Waals surface area (Å²) in [5.74, 6) is -0.899. The molecule has 0 saturated carbocycles. The Bertz CT molecular complexity index is 1040. The second kappa shape index (κ2) is 8.12. The van der Waals surface area contributed by atoms with E-state index in [0.29, 0.717) is 22.9 Å². The van der Waals surface area contributed by atoms with E-state index < -0.39 is 5.91 Å². The van der Waals surface area contributed by atoms with E-state index in [9.17, 15) is 14.4 Å². The predicted molar refractivity (Wildman–Crippen MR) is 102 cm³/mol. The summed E-state index contributed by atoms with van der Waals surface area (Å²) in [6, 6.07) is 7.87. The Morgan fingerprint density at radius 2 is 2.19 bits per heavy atom. The minimum Gasteiger partial charge on any atom is -0.297 e. The number of nitrogens with one attached hydrogen (secondary N) is 1. The van der Waals surface area contributed by atoms with E-state index in [4.69, 9.17) is 11.6 Å². The number of anilines is 1. The molecule has 1 aromatic carbocycles. The number of nitrogens with zero attached hydrogens (tertiary/aromatic N) is 4. The molecule has 0 aliphatic carbocycles. The van der Waals surface area contributed by atoms with Gasteiger partial charge in [0.05, 0.1) is 12.2 Å². The summed E-state index contributed by atoms with van der Waals surface area (Å²) in [5, 5.41) is 18.6. The van der Waals surface area contributed by atoms with Crippen LogP contribution in [0.3, 0.4) is 0 Å². The summed E-state index contributed by atoms with van der Waals surface area (Å²) in [4.78, 5) is 16.2. The number of amides is 1. The number of rotatable bonds is 5. The molecule has 0 spiro atoms. The van der Waals surface area contributed by atoms with Crippen molar-refractivity contribution in [3.8, 4) is 6.07 Å². The third-order valence-corrected chi connectivity index (χ3v) is 4.75. The smallest absolute Gasteiger partial charge is 0.268 e. The molecule has 3 rings (SSSR count). The van der Waals surface area contributed by atoms with E-state index in [1.807, 2.05) is 6.07 Å². The first kappa shape index (κ1) is 18.8. The number of carbonyl (C=O) groups is 1. The number of carbonyl (C=O) groups excluding carboxylic acids is 1. The SMILES string of the molecule is Cc1nn(Cc2ccc(F)cc2)c(Cl)c1/C=C(\C#N)C(=O)Nc1nccs1. The van der Waals surface area contributed by atoms with Gasteiger partial charge >= 0.3 is 0 Å². The monoisotopic (exact) mass is 401 g/mol. The van der Waals surface area contributed by atoms with Gasteiger partial charge in [0.15, 0.2) is 5.13 Å². The van der Waals surface area contributed by atoms with Crippen molar-refractivity contribution in [1.82, 2.24) is 14.8 Å². The first-order valence-electron chi connectivity index (χ1n) is 7.78. The van der Waals surface area contributed by atoms with Gasteiger partial charge in [-0.05, 0) is 30.7 Å². The summed E-state index contributed by atoms with van der Waals surface area (Å²) >= 11 is 7.64. The third kappa shape index (κ3) is 4.39. The Balaban J connectivity index is 1.86. The van der Waals surface area contributed by atoms with Gasteiger partial charge in [-0.15, -0.1) is 11.3 Å². The lowest BCUT2D eigenvalue weighted by molar-refractivity contribution is -0.112. The molecule has 0 fully saturated rings. The standard InChI is InChI=1S/C18H13ClFN5OS/c1-11-15(8-13(9-21)17(26)23-18-22-6-7-27-18)16(19)25(24-11)10-12-2-4-14(20)5-3-12/h2-8H,10H2,1H3,(H,22,23,26)/b13-8+. The zero-order chi connectivity index (χ0) is 19.4. The van der Waals surface area contributed by atoms with E-state index in [0.717, 1.165) is 5.56 Å². The Morgan fingerprint density at radius 1 is 1.44 bits per heavy atom. The molecule has 0 unspecified atom stereocenters. The van der Waals surface area contributed by atoms with E-state index in [1.54, 1.807) is 30.6 Å². The zero-order valence-electron chi connectivity index (χ0n) is 14.1. The maximum absolute atomic E-state index is 13.0. The van der Waals surface area contributed by atoms with Crippen LogP contribution in [0.2, 0.25) is 5.15 Å². The number of nitriles is 1. The van der Waals surface area contributed by atoms with Crippen molar-refractivity contribution in [2.45, 2.75) is 13.5 Å². The maximum Gasteiger partial charge on any atom is 0.268 e. The maximum atomic E-state index is 13.0. The van der Waals surface area contributed by atoms with Crippen LogP contribution < -0.4 is 5.32 Å². The van der Waals surface area contributed by atoms with Gasteiger partial charge in [-0.25, -0.2) is 14.1 Å². The molecule has 27 heavy (non-hydrogen) atoms. The van der Waals surface area contributed by atoms with Crippen LogP contribution in [0.25, 0.3) is 6.08 Å². The van der Waals surface area contributed by atoms with Crippen LogP contribution in [0.5, 0.6) is 0 Å². The molecule has 0 saturated heterocycles. The van der Waals surface area contributed by atoms with Crippen molar-refractivity contribution in [1.29, 1.82) is 5.26 Å². The Morgan fingerprint density at radius 3 is 2.81 bits per heavy atom. The number of aromatic nitrogens is 3. The van der Waals surface area contributed by atoms with Crippen LogP contribution in [-0.4, -0.2) is 20.7 Å². The van der Waals surface area contributed by atoms with E-state index in [1.165, 1.54) is 34.2 Å². The molecule has 6 nitrogen and oxygen atoms in total. The highest BCUT2D eigenvalue weighted by Gasteiger charge is 2.16. The van der Waals surface area contributed by atoms with Gasteiger partial charge in [-0.1, -0.05) is 23.7 Å².